The highest BCUT2D eigenvalue weighted by Crippen LogP contribution is 2.28. The van der Waals surface area contributed by atoms with Crippen molar-refractivity contribution in [3.8, 4) is 22.8 Å². The molecular weight excluding hydrogens is 436 g/mol. The fraction of sp³-hybridized carbons (Fsp3) is 0.148. The van der Waals surface area contributed by atoms with E-state index >= 15 is 0 Å². The zero-order valence-electron chi connectivity index (χ0n) is 18.9. The van der Waals surface area contributed by atoms with Gasteiger partial charge < -0.3 is 18.6 Å². The van der Waals surface area contributed by atoms with Crippen LogP contribution in [-0.2, 0) is 4.74 Å². The largest absolute Gasteiger partial charge is 0.497 e. The van der Waals surface area contributed by atoms with Crippen molar-refractivity contribution in [2.24, 2.45) is 0 Å². The van der Waals surface area contributed by atoms with E-state index in [-0.39, 0.29) is 27.5 Å². The lowest BCUT2D eigenvalue weighted by molar-refractivity contribution is 0.0474. The molecule has 172 valence electrons. The topological polar surface area (TPSA) is 92.0 Å². The maximum Gasteiger partial charge on any atom is 0.342 e. The van der Waals surface area contributed by atoms with Crippen molar-refractivity contribution in [2.75, 3.05) is 20.8 Å². The molecular formula is C27H22O7. The van der Waals surface area contributed by atoms with Gasteiger partial charge in [-0.2, -0.15) is 0 Å². The summed E-state index contributed by atoms with van der Waals surface area (Å²) in [7, 11) is 2.94. The molecule has 34 heavy (non-hydrogen) atoms. The molecule has 4 aromatic rings. The van der Waals surface area contributed by atoms with E-state index in [0.717, 1.165) is 0 Å². The third-order valence-corrected chi connectivity index (χ3v) is 5.44. The van der Waals surface area contributed by atoms with Gasteiger partial charge in [-0.1, -0.05) is 36.4 Å². The Morgan fingerprint density at radius 2 is 1.65 bits per heavy atom. The summed E-state index contributed by atoms with van der Waals surface area (Å²) in [5, 5.41) is 0.259. The number of methoxy groups -OCH3 is 2. The van der Waals surface area contributed by atoms with E-state index in [1.165, 1.54) is 20.3 Å². The fourth-order valence-corrected chi connectivity index (χ4v) is 3.65. The van der Waals surface area contributed by atoms with Crippen LogP contribution in [0.1, 0.15) is 26.3 Å². The van der Waals surface area contributed by atoms with E-state index in [1.807, 2.05) is 30.3 Å². The van der Waals surface area contributed by atoms with E-state index in [0.29, 0.717) is 28.4 Å². The predicted octanol–water partition coefficient (Wildman–Crippen LogP) is 4.83. The molecule has 4 rings (SSSR count). The van der Waals surface area contributed by atoms with Crippen LogP contribution in [0.3, 0.4) is 0 Å². The maximum absolute atomic E-state index is 13.0. The van der Waals surface area contributed by atoms with Crippen molar-refractivity contribution >= 4 is 22.7 Å². The quantitative estimate of drug-likeness (QED) is 0.289. The summed E-state index contributed by atoms with van der Waals surface area (Å²) >= 11 is 0. The van der Waals surface area contributed by atoms with Gasteiger partial charge in [-0.3, -0.25) is 9.59 Å². The van der Waals surface area contributed by atoms with Crippen LogP contribution in [0.15, 0.2) is 75.9 Å². The van der Waals surface area contributed by atoms with Gasteiger partial charge in [0, 0.05) is 17.2 Å². The standard InChI is InChI=1S/C27H22O7/c1-16-24(29)20-10-7-11-21(26(20)34-25(16)17-8-5-4-6-9-17)27(30)33-15-22(28)19-13-12-18(31-2)14-23(19)32-3/h4-14H,15H2,1-3H3. The minimum atomic E-state index is -0.780. The van der Waals surface area contributed by atoms with Gasteiger partial charge in [-0.15, -0.1) is 0 Å². The summed E-state index contributed by atoms with van der Waals surface area (Å²) in [5.74, 6) is -0.0228. The molecule has 0 fully saturated rings. The second-order valence-corrected chi connectivity index (χ2v) is 7.50. The molecule has 3 aromatic carbocycles. The summed E-state index contributed by atoms with van der Waals surface area (Å²) < 4.78 is 21.7. The van der Waals surface area contributed by atoms with Gasteiger partial charge in [0.25, 0.3) is 0 Å². The van der Waals surface area contributed by atoms with Crippen LogP contribution in [0, 0.1) is 6.92 Å². The van der Waals surface area contributed by atoms with Gasteiger partial charge in [0.05, 0.1) is 25.2 Å². The smallest absolute Gasteiger partial charge is 0.342 e. The van der Waals surface area contributed by atoms with Crippen LogP contribution >= 0.6 is 0 Å². The van der Waals surface area contributed by atoms with E-state index in [4.69, 9.17) is 18.6 Å². The fourth-order valence-electron chi connectivity index (χ4n) is 3.65. The van der Waals surface area contributed by atoms with E-state index < -0.39 is 18.4 Å². The molecule has 0 aliphatic rings. The Hall–Kier alpha value is -4.39. The highest BCUT2D eigenvalue weighted by atomic mass is 16.5. The minimum absolute atomic E-state index is 0.0567. The molecule has 0 aliphatic carbocycles. The van der Waals surface area contributed by atoms with Gasteiger partial charge in [-0.25, -0.2) is 4.79 Å². The Morgan fingerprint density at radius 3 is 2.35 bits per heavy atom. The number of rotatable bonds is 7. The van der Waals surface area contributed by atoms with Crippen molar-refractivity contribution in [3.63, 3.8) is 0 Å². The van der Waals surface area contributed by atoms with Crippen LogP contribution in [-0.4, -0.2) is 32.6 Å². The number of carbonyl (C=O) groups excluding carboxylic acids is 2. The van der Waals surface area contributed by atoms with Gasteiger partial charge >= 0.3 is 5.97 Å². The Bertz CT molecular complexity index is 1440. The molecule has 0 saturated carbocycles. The van der Waals surface area contributed by atoms with Gasteiger partial charge in [0.15, 0.2) is 17.6 Å². The first-order chi connectivity index (χ1) is 16.4. The maximum atomic E-state index is 13.0. The Kier molecular flexibility index (Phi) is 6.45. The molecule has 7 nitrogen and oxygen atoms in total. The second kappa shape index (κ2) is 9.62. The Balaban J connectivity index is 1.65. The normalized spacial score (nSPS) is 10.7. The SMILES string of the molecule is COc1ccc(C(=O)COC(=O)c2cccc3c(=O)c(C)c(-c4ccccc4)oc23)c(OC)c1. The van der Waals surface area contributed by atoms with Gasteiger partial charge in [-0.05, 0) is 31.2 Å². The second-order valence-electron chi connectivity index (χ2n) is 7.50. The van der Waals surface area contributed by atoms with Crippen molar-refractivity contribution in [2.45, 2.75) is 6.92 Å². The van der Waals surface area contributed by atoms with Crippen LogP contribution in [0.4, 0.5) is 0 Å². The number of hydrogen-bond acceptors (Lipinski definition) is 7. The first-order valence-corrected chi connectivity index (χ1v) is 10.5. The lowest BCUT2D eigenvalue weighted by atomic mass is 10.0. The molecule has 1 aromatic heterocycles. The molecule has 7 heteroatoms. The number of benzene rings is 3. The number of esters is 1. The average Bonchev–Trinajstić information content (AvgIpc) is 2.88. The Labute approximate surface area is 195 Å². The highest BCUT2D eigenvalue weighted by molar-refractivity contribution is 6.05. The minimum Gasteiger partial charge on any atom is -0.497 e. The zero-order chi connectivity index (χ0) is 24.2. The van der Waals surface area contributed by atoms with E-state index in [2.05, 4.69) is 0 Å². The lowest BCUT2D eigenvalue weighted by Crippen LogP contribution is -2.16. The molecule has 0 atom stereocenters. The number of ether oxygens (including phenoxy) is 3. The summed E-state index contributed by atoms with van der Waals surface area (Å²) in [5.41, 5.74) is 1.32. The van der Waals surface area contributed by atoms with E-state index in [9.17, 15) is 14.4 Å². The van der Waals surface area contributed by atoms with Crippen molar-refractivity contribution in [3.05, 3.63) is 93.6 Å². The van der Waals surface area contributed by atoms with Crippen LogP contribution in [0.5, 0.6) is 11.5 Å². The van der Waals surface area contributed by atoms with E-state index in [1.54, 1.807) is 37.3 Å². The monoisotopic (exact) mass is 458 g/mol. The van der Waals surface area contributed by atoms with Crippen LogP contribution in [0.2, 0.25) is 0 Å². The summed E-state index contributed by atoms with van der Waals surface area (Å²) in [6.45, 7) is 1.17. The molecule has 0 unspecified atom stereocenters. The lowest BCUT2D eigenvalue weighted by Gasteiger charge is -2.11. The zero-order valence-corrected chi connectivity index (χ0v) is 18.9. The number of fused-ring (bicyclic) bond motifs is 1. The van der Waals surface area contributed by atoms with Crippen LogP contribution in [0.25, 0.3) is 22.3 Å². The first-order valence-electron chi connectivity index (χ1n) is 10.5. The third kappa shape index (κ3) is 4.28. The molecule has 0 spiro atoms. The number of carbonyl (C=O) groups is 2. The molecule has 1 heterocycles. The first kappa shape index (κ1) is 22.8. The molecule has 0 radical (unpaired) electrons. The van der Waals surface area contributed by atoms with Crippen molar-refractivity contribution in [1.82, 2.24) is 0 Å². The van der Waals surface area contributed by atoms with Gasteiger partial charge in [0.2, 0.25) is 5.78 Å². The molecule has 0 aliphatic heterocycles. The number of ketones is 1. The molecule has 0 N–H and O–H groups in total. The number of hydrogen-bond donors (Lipinski definition) is 0. The third-order valence-electron chi connectivity index (χ3n) is 5.44. The number of Topliss-reactive ketones (excluding diaryl/α,β-unsaturated/α-hetero) is 1. The number of para-hydroxylation sites is 1. The summed E-state index contributed by atoms with van der Waals surface area (Å²) in [4.78, 5) is 38.6. The molecule has 0 saturated heterocycles. The van der Waals surface area contributed by atoms with Crippen molar-refractivity contribution in [1.29, 1.82) is 0 Å². The average molecular weight is 458 g/mol. The molecule has 0 bridgehead atoms. The highest BCUT2D eigenvalue weighted by Gasteiger charge is 2.21. The van der Waals surface area contributed by atoms with Crippen molar-refractivity contribution < 1.29 is 28.2 Å². The summed E-state index contributed by atoms with van der Waals surface area (Å²) in [6, 6.07) is 18.5. The molecule has 0 amide bonds. The van der Waals surface area contributed by atoms with Gasteiger partial charge in [0.1, 0.15) is 22.8 Å². The summed E-state index contributed by atoms with van der Waals surface area (Å²) in [6.07, 6.45) is 0. The Morgan fingerprint density at radius 1 is 0.882 bits per heavy atom. The van der Waals surface area contributed by atoms with Crippen LogP contribution < -0.4 is 14.9 Å². The predicted molar refractivity (Wildman–Crippen MR) is 127 cm³/mol.